The van der Waals surface area contributed by atoms with Gasteiger partial charge in [0.2, 0.25) is 5.91 Å². The van der Waals surface area contributed by atoms with E-state index in [-0.39, 0.29) is 11.3 Å². The number of benzene rings is 1. The van der Waals surface area contributed by atoms with Crippen LogP contribution in [0.15, 0.2) is 36.8 Å². The number of amides is 1. The van der Waals surface area contributed by atoms with Gasteiger partial charge in [0.05, 0.1) is 28.4 Å². The van der Waals surface area contributed by atoms with Crippen molar-refractivity contribution in [3.63, 3.8) is 0 Å². The lowest BCUT2D eigenvalue weighted by molar-refractivity contribution is -0.115. The molecule has 1 amide bonds. The van der Waals surface area contributed by atoms with Crippen molar-refractivity contribution in [2.24, 2.45) is 0 Å². The number of nitrogens with zero attached hydrogens (tertiary/aromatic N) is 3. The highest BCUT2D eigenvalue weighted by Crippen LogP contribution is 2.43. The lowest BCUT2D eigenvalue weighted by Gasteiger charge is -2.24. The first-order valence-electron chi connectivity index (χ1n) is 5.81. The molecule has 1 aliphatic heterocycles. The number of aromatic nitrogens is 2. The number of carbonyl (C=O) groups is 1. The van der Waals surface area contributed by atoms with Crippen molar-refractivity contribution in [1.29, 1.82) is 0 Å². The second-order valence-electron chi connectivity index (χ2n) is 4.15. The minimum Gasteiger partial charge on any atom is -0.292 e. The average molecular weight is 326 g/mol. The summed E-state index contributed by atoms with van der Waals surface area (Å²) >= 11 is 13.6. The first kappa shape index (κ1) is 13.7. The van der Waals surface area contributed by atoms with Crippen LogP contribution in [0.5, 0.6) is 0 Å². The SMILES string of the molecule is O=C1CSC(c2cnccn2)N1c1ccc(Cl)cc1Cl. The molecule has 102 valence electrons. The summed E-state index contributed by atoms with van der Waals surface area (Å²) in [6.45, 7) is 0. The minimum atomic E-state index is -0.213. The first-order valence-corrected chi connectivity index (χ1v) is 7.62. The molecule has 4 nitrogen and oxygen atoms in total. The molecule has 2 heterocycles. The van der Waals surface area contributed by atoms with E-state index >= 15 is 0 Å². The summed E-state index contributed by atoms with van der Waals surface area (Å²) < 4.78 is 0. The maximum atomic E-state index is 12.2. The average Bonchev–Trinajstić information content (AvgIpc) is 2.82. The number of anilines is 1. The lowest BCUT2D eigenvalue weighted by Crippen LogP contribution is -2.28. The van der Waals surface area contributed by atoms with Gasteiger partial charge in [-0.3, -0.25) is 19.7 Å². The Bertz CT molecular complexity index is 653. The number of halogens is 2. The maximum absolute atomic E-state index is 12.2. The molecule has 0 radical (unpaired) electrons. The predicted octanol–water partition coefficient (Wildman–Crippen LogP) is 3.56. The summed E-state index contributed by atoms with van der Waals surface area (Å²) in [5.74, 6) is 0.384. The van der Waals surface area contributed by atoms with Gasteiger partial charge in [0, 0.05) is 17.4 Å². The quantitative estimate of drug-likeness (QED) is 0.846. The van der Waals surface area contributed by atoms with Crippen LogP contribution in [0.2, 0.25) is 10.0 Å². The second kappa shape index (κ2) is 5.60. The third-order valence-electron chi connectivity index (χ3n) is 2.87. The fourth-order valence-corrected chi connectivity index (χ4v) is 3.63. The Morgan fingerprint density at radius 3 is 2.85 bits per heavy atom. The highest BCUT2D eigenvalue weighted by Gasteiger charge is 2.36. The molecule has 0 aliphatic carbocycles. The Hall–Kier alpha value is -1.30. The van der Waals surface area contributed by atoms with Crippen molar-refractivity contribution in [3.05, 3.63) is 52.5 Å². The molecule has 1 saturated heterocycles. The third kappa shape index (κ3) is 2.49. The molecule has 3 rings (SSSR count). The van der Waals surface area contributed by atoms with E-state index in [1.807, 2.05) is 0 Å². The van der Waals surface area contributed by atoms with Crippen LogP contribution in [0.1, 0.15) is 11.1 Å². The Morgan fingerprint density at radius 2 is 2.15 bits per heavy atom. The largest absolute Gasteiger partial charge is 0.292 e. The van der Waals surface area contributed by atoms with Crippen LogP contribution in [0.3, 0.4) is 0 Å². The summed E-state index contributed by atoms with van der Waals surface area (Å²) in [7, 11) is 0. The van der Waals surface area contributed by atoms with E-state index in [1.165, 1.54) is 11.8 Å². The minimum absolute atomic E-state index is 0.00474. The molecule has 1 aromatic carbocycles. The Kier molecular flexibility index (Phi) is 3.83. The first-order chi connectivity index (χ1) is 9.66. The number of carbonyl (C=O) groups excluding carboxylic acids is 1. The van der Waals surface area contributed by atoms with E-state index in [0.717, 1.165) is 5.69 Å². The van der Waals surface area contributed by atoms with Gasteiger partial charge in [-0.1, -0.05) is 23.2 Å². The number of hydrogen-bond donors (Lipinski definition) is 0. The zero-order chi connectivity index (χ0) is 14.1. The molecule has 1 fully saturated rings. The monoisotopic (exact) mass is 325 g/mol. The van der Waals surface area contributed by atoms with Crippen molar-refractivity contribution < 1.29 is 4.79 Å². The molecule has 0 spiro atoms. The van der Waals surface area contributed by atoms with Crippen LogP contribution in [0.4, 0.5) is 5.69 Å². The molecule has 0 N–H and O–H groups in total. The van der Waals surface area contributed by atoms with Gasteiger partial charge in [0.25, 0.3) is 0 Å². The van der Waals surface area contributed by atoms with Crippen molar-refractivity contribution in [2.45, 2.75) is 5.37 Å². The molecule has 2 aromatic rings. The van der Waals surface area contributed by atoms with E-state index in [2.05, 4.69) is 9.97 Å². The summed E-state index contributed by atoms with van der Waals surface area (Å²) in [5.41, 5.74) is 1.37. The number of rotatable bonds is 2. The number of thioether (sulfide) groups is 1. The van der Waals surface area contributed by atoms with Gasteiger partial charge in [-0.15, -0.1) is 11.8 Å². The van der Waals surface area contributed by atoms with Gasteiger partial charge in [0.15, 0.2) is 0 Å². The molecular formula is C13H9Cl2N3OS. The van der Waals surface area contributed by atoms with E-state index in [0.29, 0.717) is 21.5 Å². The van der Waals surface area contributed by atoms with Crippen molar-refractivity contribution in [1.82, 2.24) is 9.97 Å². The van der Waals surface area contributed by atoms with Crippen molar-refractivity contribution in [3.8, 4) is 0 Å². The highest BCUT2D eigenvalue weighted by atomic mass is 35.5. The third-order valence-corrected chi connectivity index (χ3v) is 4.59. The molecule has 0 bridgehead atoms. The van der Waals surface area contributed by atoms with Gasteiger partial charge < -0.3 is 0 Å². The Labute approximate surface area is 130 Å². The van der Waals surface area contributed by atoms with Gasteiger partial charge >= 0.3 is 0 Å². The zero-order valence-corrected chi connectivity index (χ0v) is 12.5. The molecule has 1 aromatic heterocycles. The Morgan fingerprint density at radius 1 is 1.30 bits per heavy atom. The van der Waals surface area contributed by atoms with Crippen LogP contribution in [0.25, 0.3) is 0 Å². The van der Waals surface area contributed by atoms with Gasteiger partial charge in [-0.05, 0) is 18.2 Å². The van der Waals surface area contributed by atoms with Crippen LogP contribution in [0, 0.1) is 0 Å². The van der Waals surface area contributed by atoms with Crippen LogP contribution >= 0.6 is 35.0 Å². The fourth-order valence-electron chi connectivity index (χ4n) is 2.02. The van der Waals surface area contributed by atoms with Gasteiger partial charge in [0.1, 0.15) is 5.37 Å². The molecule has 1 aliphatic rings. The van der Waals surface area contributed by atoms with E-state index < -0.39 is 0 Å². The van der Waals surface area contributed by atoms with Crippen LogP contribution in [-0.2, 0) is 4.79 Å². The van der Waals surface area contributed by atoms with Gasteiger partial charge in [-0.25, -0.2) is 0 Å². The van der Waals surface area contributed by atoms with Gasteiger partial charge in [-0.2, -0.15) is 0 Å². The zero-order valence-electron chi connectivity index (χ0n) is 10.2. The smallest absolute Gasteiger partial charge is 0.238 e. The molecule has 7 heteroatoms. The standard InChI is InChI=1S/C13H9Cl2N3OS/c14-8-1-2-11(9(15)5-8)18-12(19)7-20-13(18)10-6-16-3-4-17-10/h1-6,13H,7H2. The Balaban J connectivity index is 2.03. The lowest BCUT2D eigenvalue weighted by atomic mass is 10.2. The molecule has 20 heavy (non-hydrogen) atoms. The molecule has 1 atom stereocenters. The maximum Gasteiger partial charge on any atom is 0.238 e. The summed E-state index contributed by atoms with van der Waals surface area (Å²) in [5, 5.41) is 0.770. The van der Waals surface area contributed by atoms with Crippen molar-refractivity contribution in [2.75, 3.05) is 10.7 Å². The van der Waals surface area contributed by atoms with Crippen LogP contribution < -0.4 is 4.90 Å². The molecular weight excluding hydrogens is 317 g/mol. The topological polar surface area (TPSA) is 46.1 Å². The second-order valence-corrected chi connectivity index (χ2v) is 6.07. The van der Waals surface area contributed by atoms with Crippen molar-refractivity contribution >= 4 is 46.6 Å². The normalized spacial score (nSPS) is 18.6. The molecule has 0 saturated carbocycles. The summed E-state index contributed by atoms with van der Waals surface area (Å²) in [6.07, 6.45) is 4.87. The fraction of sp³-hybridized carbons (Fsp3) is 0.154. The van der Waals surface area contributed by atoms with E-state index in [1.54, 1.807) is 41.7 Å². The van der Waals surface area contributed by atoms with E-state index in [4.69, 9.17) is 23.2 Å². The molecule has 1 unspecified atom stereocenters. The number of hydrogen-bond acceptors (Lipinski definition) is 4. The predicted molar refractivity (Wildman–Crippen MR) is 81.2 cm³/mol. The van der Waals surface area contributed by atoms with Crippen LogP contribution in [-0.4, -0.2) is 21.6 Å². The highest BCUT2D eigenvalue weighted by molar-refractivity contribution is 8.00. The summed E-state index contributed by atoms with van der Waals surface area (Å²) in [6, 6.07) is 5.09. The van der Waals surface area contributed by atoms with E-state index in [9.17, 15) is 4.79 Å². The summed E-state index contributed by atoms with van der Waals surface area (Å²) in [4.78, 5) is 22.1.